The lowest BCUT2D eigenvalue weighted by Crippen LogP contribution is -2.19. The minimum absolute atomic E-state index is 0.0123. The predicted octanol–water partition coefficient (Wildman–Crippen LogP) is 3.32. The van der Waals surface area contributed by atoms with Gasteiger partial charge in [0.05, 0.1) is 11.7 Å². The Balaban J connectivity index is 2.28. The van der Waals surface area contributed by atoms with Crippen molar-refractivity contribution in [1.82, 2.24) is 4.57 Å². The van der Waals surface area contributed by atoms with Crippen LogP contribution in [0.3, 0.4) is 0 Å². The molecule has 0 saturated heterocycles. The number of aryl methyl sites for hydroxylation is 1. The molecule has 0 radical (unpaired) electrons. The summed E-state index contributed by atoms with van der Waals surface area (Å²) in [6.07, 6.45) is 1.64. The molecule has 0 bridgehead atoms. The zero-order valence-corrected chi connectivity index (χ0v) is 11.4. The Morgan fingerprint density at radius 3 is 2.45 bits per heavy atom. The molecule has 0 spiro atoms. The van der Waals surface area contributed by atoms with Crippen molar-refractivity contribution in [3.63, 3.8) is 0 Å². The first-order valence-corrected chi connectivity index (χ1v) is 6.44. The first-order chi connectivity index (χ1) is 9.52. The van der Waals surface area contributed by atoms with E-state index in [0.29, 0.717) is 12.2 Å². The first kappa shape index (κ1) is 14.2. The number of aromatic nitrogens is 1. The maximum absolute atomic E-state index is 13.7. The van der Waals surface area contributed by atoms with Crippen LogP contribution >= 0.6 is 0 Å². The van der Waals surface area contributed by atoms with Gasteiger partial charge in [0.2, 0.25) is 0 Å². The molecule has 20 heavy (non-hydrogen) atoms. The largest absolute Gasteiger partial charge is 0.377 e. The fourth-order valence-electron chi connectivity index (χ4n) is 2.11. The molecule has 0 aliphatic heterocycles. The normalized spacial score (nSPS) is 12.2. The molecule has 1 unspecified atom stereocenters. The molecule has 2 rings (SSSR count). The highest BCUT2D eigenvalue weighted by atomic mass is 19.1. The number of rotatable bonds is 4. The molecule has 0 fully saturated rings. The Morgan fingerprint density at radius 1 is 1.20 bits per heavy atom. The van der Waals surface area contributed by atoms with Crippen LogP contribution in [0.4, 0.5) is 14.5 Å². The van der Waals surface area contributed by atoms with Crippen molar-refractivity contribution in [3.8, 4) is 0 Å². The zero-order valence-electron chi connectivity index (χ0n) is 11.4. The zero-order chi connectivity index (χ0) is 14.7. The van der Waals surface area contributed by atoms with Crippen molar-refractivity contribution in [2.45, 2.75) is 26.4 Å². The van der Waals surface area contributed by atoms with Crippen LogP contribution < -0.4 is 10.9 Å². The fourth-order valence-corrected chi connectivity index (χ4v) is 2.11. The number of anilines is 1. The van der Waals surface area contributed by atoms with Gasteiger partial charge in [0, 0.05) is 24.4 Å². The lowest BCUT2D eigenvalue weighted by molar-refractivity contribution is 0.544. The third-order valence-electron chi connectivity index (χ3n) is 3.14. The quantitative estimate of drug-likeness (QED) is 0.931. The van der Waals surface area contributed by atoms with E-state index in [-0.39, 0.29) is 11.1 Å². The second-order valence-corrected chi connectivity index (χ2v) is 4.54. The maximum atomic E-state index is 13.7. The molecule has 1 N–H and O–H groups in total. The van der Waals surface area contributed by atoms with Gasteiger partial charge in [-0.25, -0.2) is 8.78 Å². The van der Waals surface area contributed by atoms with E-state index in [4.69, 9.17) is 0 Å². The highest BCUT2D eigenvalue weighted by Gasteiger charge is 2.15. The Bertz CT molecular complexity index is 647. The standard InChI is InChI=1S/C15H16F2N2O/c1-3-19-9-11(7-8-14(19)20)18-10(2)15-12(16)5-4-6-13(15)17/h4-10,18H,3H2,1-2H3. The van der Waals surface area contributed by atoms with Crippen LogP contribution in [-0.4, -0.2) is 4.57 Å². The van der Waals surface area contributed by atoms with Crippen molar-refractivity contribution in [2.24, 2.45) is 0 Å². The van der Waals surface area contributed by atoms with E-state index in [1.165, 1.54) is 28.8 Å². The molecule has 0 aliphatic rings. The van der Waals surface area contributed by atoms with Crippen molar-refractivity contribution in [3.05, 3.63) is 64.1 Å². The lowest BCUT2D eigenvalue weighted by Gasteiger charge is -2.17. The van der Waals surface area contributed by atoms with E-state index in [1.807, 2.05) is 6.92 Å². The van der Waals surface area contributed by atoms with Crippen molar-refractivity contribution in [2.75, 3.05) is 5.32 Å². The molecular formula is C15H16F2N2O. The number of hydrogen-bond acceptors (Lipinski definition) is 2. The van der Waals surface area contributed by atoms with Gasteiger partial charge in [0.25, 0.3) is 5.56 Å². The minimum atomic E-state index is -0.589. The number of pyridine rings is 1. The summed E-state index contributed by atoms with van der Waals surface area (Å²) in [6, 6.07) is 6.27. The average molecular weight is 278 g/mol. The van der Waals surface area contributed by atoms with Crippen LogP contribution in [0.2, 0.25) is 0 Å². The Hall–Kier alpha value is -2.17. The van der Waals surface area contributed by atoms with Crippen LogP contribution in [0.25, 0.3) is 0 Å². The summed E-state index contributed by atoms with van der Waals surface area (Å²) in [5.74, 6) is -1.18. The Kier molecular flexibility index (Phi) is 4.17. The van der Waals surface area contributed by atoms with Gasteiger partial charge in [-0.2, -0.15) is 0 Å². The predicted molar refractivity (Wildman–Crippen MR) is 74.8 cm³/mol. The molecule has 1 aromatic heterocycles. The Morgan fingerprint density at radius 2 is 1.85 bits per heavy atom. The number of benzene rings is 1. The van der Waals surface area contributed by atoms with E-state index in [0.717, 1.165) is 0 Å². The second-order valence-electron chi connectivity index (χ2n) is 4.54. The van der Waals surface area contributed by atoms with Gasteiger partial charge in [0.1, 0.15) is 11.6 Å². The molecular weight excluding hydrogens is 262 g/mol. The number of hydrogen-bond donors (Lipinski definition) is 1. The van der Waals surface area contributed by atoms with Gasteiger partial charge in [-0.1, -0.05) is 6.07 Å². The average Bonchev–Trinajstić information content (AvgIpc) is 2.40. The Labute approximate surface area is 115 Å². The summed E-state index contributed by atoms with van der Waals surface area (Å²) < 4.78 is 28.9. The van der Waals surface area contributed by atoms with E-state index >= 15 is 0 Å². The molecule has 1 atom stereocenters. The van der Waals surface area contributed by atoms with Gasteiger partial charge in [-0.15, -0.1) is 0 Å². The number of nitrogens with one attached hydrogen (secondary N) is 1. The topological polar surface area (TPSA) is 34.0 Å². The van der Waals surface area contributed by atoms with E-state index in [2.05, 4.69) is 5.32 Å². The van der Waals surface area contributed by atoms with E-state index in [9.17, 15) is 13.6 Å². The monoisotopic (exact) mass is 278 g/mol. The lowest BCUT2D eigenvalue weighted by atomic mass is 10.1. The van der Waals surface area contributed by atoms with Crippen LogP contribution in [0, 0.1) is 11.6 Å². The van der Waals surface area contributed by atoms with Crippen LogP contribution in [-0.2, 0) is 6.54 Å². The van der Waals surface area contributed by atoms with Crippen molar-refractivity contribution >= 4 is 5.69 Å². The molecule has 1 aromatic carbocycles. The van der Waals surface area contributed by atoms with Crippen LogP contribution in [0.1, 0.15) is 25.5 Å². The third kappa shape index (κ3) is 2.87. The molecule has 0 aliphatic carbocycles. The van der Waals surface area contributed by atoms with Gasteiger partial charge >= 0.3 is 0 Å². The molecule has 106 valence electrons. The third-order valence-corrected chi connectivity index (χ3v) is 3.14. The van der Waals surface area contributed by atoms with E-state index < -0.39 is 17.7 Å². The molecule has 5 heteroatoms. The molecule has 1 heterocycles. The van der Waals surface area contributed by atoms with Gasteiger partial charge in [-0.05, 0) is 32.0 Å². The SMILES string of the molecule is CCn1cc(NC(C)c2c(F)cccc2F)ccc1=O. The highest BCUT2D eigenvalue weighted by Crippen LogP contribution is 2.23. The summed E-state index contributed by atoms with van der Waals surface area (Å²) in [5.41, 5.74) is 0.520. The highest BCUT2D eigenvalue weighted by molar-refractivity contribution is 5.43. The fraction of sp³-hybridized carbons (Fsp3) is 0.267. The number of nitrogens with zero attached hydrogens (tertiary/aromatic N) is 1. The molecule has 0 amide bonds. The minimum Gasteiger partial charge on any atom is -0.377 e. The van der Waals surface area contributed by atoms with Crippen LogP contribution in [0.5, 0.6) is 0 Å². The van der Waals surface area contributed by atoms with E-state index in [1.54, 1.807) is 19.2 Å². The van der Waals surface area contributed by atoms with Gasteiger partial charge in [0.15, 0.2) is 0 Å². The molecule has 2 aromatic rings. The summed E-state index contributed by atoms with van der Waals surface area (Å²) in [4.78, 5) is 11.5. The molecule has 0 saturated carbocycles. The maximum Gasteiger partial charge on any atom is 0.250 e. The first-order valence-electron chi connectivity index (χ1n) is 6.44. The van der Waals surface area contributed by atoms with Crippen molar-refractivity contribution < 1.29 is 8.78 Å². The summed E-state index contributed by atoms with van der Waals surface area (Å²) in [5, 5.41) is 3.00. The smallest absolute Gasteiger partial charge is 0.250 e. The van der Waals surface area contributed by atoms with Crippen LogP contribution in [0.15, 0.2) is 41.3 Å². The molecule has 3 nitrogen and oxygen atoms in total. The number of halogens is 2. The second kappa shape index (κ2) is 5.86. The van der Waals surface area contributed by atoms with Gasteiger partial charge in [-0.3, -0.25) is 4.79 Å². The van der Waals surface area contributed by atoms with Gasteiger partial charge < -0.3 is 9.88 Å². The summed E-state index contributed by atoms with van der Waals surface area (Å²) >= 11 is 0. The van der Waals surface area contributed by atoms with Crippen molar-refractivity contribution in [1.29, 1.82) is 0 Å². The summed E-state index contributed by atoms with van der Waals surface area (Å²) in [7, 11) is 0. The summed E-state index contributed by atoms with van der Waals surface area (Å²) in [6.45, 7) is 4.06.